The molecule has 1 N–H and O–H groups in total. The fraction of sp³-hybridized carbons (Fsp3) is 0.429. The van der Waals surface area contributed by atoms with E-state index in [2.05, 4.69) is 25.8 Å². The molecule has 0 atom stereocenters. The van der Waals surface area contributed by atoms with Crippen LogP contribution in [-0.4, -0.2) is 20.6 Å². The Kier molecular flexibility index (Phi) is 3.11. The van der Waals surface area contributed by atoms with Gasteiger partial charge in [-0.2, -0.15) is 0 Å². The molecule has 0 radical (unpaired) electrons. The Morgan fingerprint density at radius 1 is 1.44 bits per heavy atom. The van der Waals surface area contributed by atoms with Gasteiger partial charge in [0.25, 0.3) is 0 Å². The molecule has 0 aliphatic rings. The number of aromatic nitrogens is 2. The van der Waals surface area contributed by atoms with Crippen LogP contribution < -0.4 is 0 Å². The molecule has 0 saturated carbocycles. The van der Waals surface area contributed by atoms with Crippen molar-refractivity contribution in [1.82, 2.24) is 9.55 Å². The van der Waals surface area contributed by atoms with E-state index in [1.165, 1.54) is 0 Å². The normalized spacial score (nSPS) is 11.9. The van der Waals surface area contributed by atoms with Gasteiger partial charge in [0.05, 0.1) is 22.9 Å². The summed E-state index contributed by atoms with van der Waals surface area (Å²) < 4.78 is 2.03. The zero-order valence-corrected chi connectivity index (χ0v) is 11.0. The Hall–Kier alpha value is -1.84. The smallest absolute Gasteiger partial charge is 0.335 e. The third kappa shape index (κ3) is 2.37. The molecule has 4 heteroatoms. The molecule has 96 valence electrons. The van der Waals surface area contributed by atoms with Crippen LogP contribution in [-0.2, 0) is 6.54 Å². The molecule has 2 rings (SSSR count). The Morgan fingerprint density at radius 3 is 2.78 bits per heavy atom. The lowest BCUT2D eigenvalue weighted by molar-refractivity contribution is 0.0697. The molecule has 0 saturated heterocycles. The number of hydrogen-bond acceptors (Lipinski definition) is 2. The number of carbonyl (C=O) groups is 1. The predicted octanol–water partition coefficient (Wildman–Crippen LogP) is 3.17. The third-order valence-corrected chi connectivity index (χ3v) is 3.42. The predicted molar refractivity (Wildman–Crippen MR) is 70.8 cm³/mol. The van der Waals surface area contributed by atoms with Crippen molar-refractivity contribution in [3.8, 4) is 0 Å². The first-order valence-electron chi connectivity index (χ1n) is 6.11. The minimum absolute atomic E-state index is 0.173. The van der Waals surface area contributed by atoms with Crippen molar-refractivity contribution in [2.75, 3.05) is 0 Å². The molecule has 0 aliphatic heterocycles. The molecule has 1 aromatic heterocycles. The van der Waals surface area contributed by atoms with Crippen LogP contribution in [0.5, 0.6) is 0 Å². The first kappa shape index (κ1) is 12.6. The molecule has 2 aromatic rings. The first-order valence-corrected chi connectivity index (χ1v) is 6.11. The second-order valence-electron chi connectivity index (χ2n) is 5.40. The average molecular weight is 246 g/mol. The average Bonchev–Trinajstić information content (AvgIpc) is 2.71. The van der Waals surface area contributed by atoms with Crippen LogP contribution in [0.2, 0.25) is 0 Å². The molecule has 1 aromatic carbocycles. The van der Waals surface area contributed by atoms with Crippen LogP contribution in [0.15, 0.2) is 24.5 Å². The lowest BCUT2D eigenvalue weighted by Gasteiger charge is -2.23. The van der Waals surface area contributed by atoms with Crippen LogP contribution in [0.1, 0.15) is 37.6 Å². The number of hydrogen-bond donors (Lipinski definition) is 1. The van der Waals surface area contributed by atoms with Crippen LogP contribution >= 0.6 is 0 Å². The van der Waals surface area contributed by atoms with E-state index in [0.717, 1.165) is 24.0 Å². The standard InChI is InChI=1S/C14H18N2O2/c1-4-14(2,3)8-16-9-15-11-6-5-10(13(17)18)7-12(11)16/h5-7,9H,4,8H2,1-3H3,(H,17,18). The van der Waals surface area contributed by atoms with Gasteiger partial charge >= 0.3 is 5.97 Å². The molecule has 0 bridgehead atoms. The van der Waals surface area contributed by atoms with E-state index in [1.54, 1.807) is 24.5 Å². The van der Waals surface area contributed by atoms with Gasteiger partial charge in [0.15, 0.2) is 0 Å². The Bertz CT molecular complexity index is 584. The zero-order valence-electron chi connectivity index (χ0n) is 11.0. The van der Waals surface area contributed by atoms with Crippen molar-refractivity contribution in [2.45, 2.75) is 33.7 Å². The molecule has 0 amide bonds. The fourth-order valence-electron chi connectivity index (χ4n) is 1.89. The number of imidazole rings is 1. The van der Waals surface area contributed by atoms with Crippen molar-refractivity contribution in [2.24, 2.45) is 5.41 Å². The Balaban J connectivity index is 2.45. The van der Waals surface area contributed by atoms with Crippen molar-refractivity contribution in [3.05, 3.63) is 30.1 Å². The van der Waals surface area contributed by atoms with E-state index in [1.807, 2.05) is 4.57 Å². The molecule has 0 spiro atoms. The van der Waals surface area contributed by atoms with Crippen LogP contribution in [0, 0.1) is 5.41 Å². The van der Waals surface area contributed by atoms with Gasteiger partial charge in [0, 0.05) is 6.54 Å². The van der Waals surface area contributed by atoms with Crippen molar-refractivity contribution in [3.63, 3.8) is 0 Å². The van der Waals surface area contributed by atoms with Crippen molar-refractivity contribution >= 4 is 17.0 Å². The van der Waals surface area contributed by atoms with E-state index in [-0.39, 0.29) is 5.41 Å². The SMILES string of the molecule is CCC(C)(C)Cn1cnc2ccc(C(=O)O)cc21. The summed E-state index contributed by atoms with van der Waals surface area (Å²) in [5.41, 5.74) is 2.20. The van der Waals surface area contributed by atoms with E-state index >= 15 is 0 Å². The third-order valence-electron chi connectivity index (χ3n) is 3.42. The quantitative estimate of drug-likeness (QED) is 0.901. The highest BCUT2D eigenvalue weighted by Gasteiger charge is 2.17. The van der Waals surface area contributed by atoms with E-state index in [0.29, 0.717) is 5.56 Å². The number of benzene rings is 1. The minimum atomic E-state index is -0.903. The van der Waals surface area contributed by atoms with Crippen LogP contribution in [0.25, 0.3) is 11.0 Å². The van der Waals surface area contributed by atoms with Crippen LogP contribution in [0.4, 0.5) is 0 Å². The van der Waals surface area contributed by atoms with Gasteiger partial charge in [-0.05, 0) is 30.0 Å². The second kappa shape index (κ2) is 4.44. The summed E-state index contributed by atoms with van der Waals surface area (Å²) in [6, 6.07) is 5.04. The zero-order chi connectivity index (χ0) is 13.3. The summed E-state index contributed by atoms with van der Waals surface area (Å²) >= 11 is 0. The number of nitrogens with zero attached hydrogens (tertiary/aromatic N) is 2. The van der Waals surface area contributed by atoms with Gasteiger partial charge < -0.3 is 9.67 Å². The van der Waals surface area contributed by atoms with E-state index < -0.39 is 5.97 Å². The maximum atomic E-state index is 11.0. The molecular formula is C14H18N2O2. The van der Waals surface area contributed by atoms with Gasteiger partial charge in [-0.25, -0.2) is 9.78 Å². The van der Waals surface area contributed by atoms with Gasteiger partial charge in [0.1, 0.15) is 0 Å². The Morgan fingerprint density at radius 2 is 2.17 bits per heavy atom. The van der Waals surface area contributed by atoms with Gasteiger partial charge in [-0.1, -0.05) is 20.8 Å². The lowest BCUT2D eigenvalue weighted by atomic mass is 9.90. The fourth-order valence-corrected chi connectivity index (χ4v) is 1.89. The largest absolute Gasteiger partial charge is 0.478 e. The van der Waals surface area contributed by atoms with Crippen molar-refractivity contribution in [1.29, 1.82) is 0 Å². The maximum absolute atomic E-state index is 11.0. The van der Waals surface area contributed by atoms with Gasteiger partial charge in [-0.3, -0.25) is 0 Å². The Labute approximate surface area is 106 Å². The number of carboxylic acids is 1. The highest BCUT2D eigenvalue weighted by Crippen LogP contribution is 2.25. The van der Waals surface area contributed by atoms with E-state index in [9.17, 15) is 4.79 Å². The topological polar surface area (TPSA) is 55.1 Å². The monoisotopic (exact) mass is 246 g/mol. The number of aromatic carboxylic acids is 1. The van der Waals surface area contributed by atoms with E-state index in [4.69, 9.17) is 5.11 Å². The summed E-state index contributed by atoms with van der Waals surface area (Å²) in [4.78, 5) is 15.3. The number of carboxylic acid groups (broad SMARTS) is 1. The molecule has 0 aliphatic carbocycles. The molecule has 4 nitrogen and oxygen atoms in total. The summed E-state index contributed by atoms with van der Waals surface area (Å²) in [7, 11) is 0. The second-order valence-corrected chi connectivity index (χ2v) is 5.40. The highest BCUT2D eigenvalue weighted by molar-refractivity contribution is 5.92. The highest BCUT2D eigenvalue weighted by atomic mass is 16.4. The lowest BCUT2D eigenvalue weighted by Crippen LogP contribution is -2.18. The maximum Gasteiger partial charge on any atom is 0.335 e. The molecule has 0 fully saturated rings. The summed E-state index contributed by atoms with van der Waals surface area (Å²) in [5, 5.41) is 9.02. The number of rotatable bonds is 4. The minimum Gasteiger partial charge on any atom is -0.478 e. The summed E-state index contributed by atoms with van der Waals surface area (Å²) in [5.74, 6) is -0.903. The first-order chi connectivity index (χ1) is 8.43. The van der Waals surface area contributed by atoms with Crippen LogP contribution in [0.3, 0.4) is 0 Å². The molecule has 0 unspecified atom stereocenters. The van der Waals surface area contributed by atoms with Gasteiger partial charge in [-0.15, -0.1) is 0 Å². The summed E-state index contributed by atoms with van der Waals surface area (Å²) in [6.45, 7) is 7.38. The summed E-state index contributed by atoms with van der Waals surface area (Å²) in [6.07, 6.45) is 2.85. The number of fused-ring (bicyclic) bond motifs is 1. The molecule has 1 heterocycles. The van der Waals surface area contributed by atoms with Gasteiger partial charge in [0.2, 0.25) is 0 Å². The molecular weight excluding hydrogens is 228 g/mol. The molecule has 18 heavy (non-hydrogen) atoms. The van der Waals surface area contributed by atoms with Crippen molar-refractivity contribution < 1.29 is 9.90 Å².